The van der Waals surface area contributed by atoms with Gasteiger partial charge in [0, 0.05) is 0 Å². The van der Waals surface area contributed by atoms with Crippen molar-refractivity contribution in [3.05, 3.63) is 12.7 Å². The van der Waals surface area contributed by atoms with Crippen LogP contribution in [0, 0.1) is 17.8 Å². The molecule has 16 heavy (non-hydrogen) atoms. The molecule has 4 unspecified atom stereocenters. The first-order valence-corrected chi connectivity index (χ1v) is 7.10. The van der Waals surface area contributed by atoms with Crippen LogP contribution in [0.15, 0.2) is 12.7 Å². The monoisotopic (exact) mass is 222 g/mol. The number of aliphatic hydroxyl groups is 1. The molecule has 2 bridgehead atoms. The molecule has 2 aliphatic rings. The minimum atomic E-state index is -0.000897. The number of rotatable bonds is 7. The van der Waals surface area contributed by atoms with E-state index in [0.717, 1.165) is 24.7 Å². The summed E-state index contributed by atoms with van der Waals surface area (Å²) < 4.78 is 0. The Labute approximate surface area is 99.9 Å². The van der Waals surface area contributed by atoms with E-state index in [1.807, 2.05) is 6.08 Å². The molecule has 0 radical (unpaired) electrons. The first-order valence-electron chi connectivity index (χ1n) is 7.10. The van der Waals surface area contributed by atoms with Crippen molar-refractivity contribution in [3.63, 3.8) is 0 Å². The van der Waals surface area contributed by atoms with E-state index in [4.69, 9.17) is 0 Å². The number of hydrogen-bond acceptors (Lipinski definition) is 1. The van der Waals surface area contributed by atoms with Crippen molar-refractivity contribution in [1.82, 2.24) is 0 Å². The van der Waals surface area contributed by atoms with Crippen molar-refractivity contribution >= 4 is 0 Å². The second kappa shape index (κ2) is 5.86. The molecular weight excluding hydrogens is 196 g/mol. The topological polar surface area (TPSA) is 20.2 Å². The molecule has 0 spiro atoms. The lowest BCUT2D eigenvalue weighted by Crippen LogP contribution is -2.25. The lowest BCUT2D eigenvalue weighted by molar-refractivity contribution is 0.0653. The summed E-state index contributed by atoms with van der Waals surface area (Å²) in [7, 11) is 0. The van der Waals surface area contributed by atoms with E-state index < -0.39 is 0 Å². The van der Waals surface area contributed by atoms with Crippen LogP contribution in [-0.2, 0) is 0 Å². The molecule has 4 atom stereocenters. The van der Waals surface area contributed by atoms with Crippen molar-refractivity contribution in [2.24, 2.45) is 17.8 Å². The summed E-state index contributed by atoms with van der Waals surface area (Å²) in [6.45, 7) is 3.73. The Morgan fingerprint density at radius 3 is 2.69 bits per heavy atom. The van der Waals surface area contributed by atoms with Gasteiger partial charge in [0.05, 0.1) is 6.10 Å². The van der Waals surface area contributed by atoms with Gasteiger partial charge in [-0.15, -0.1) is 6.58 Å². The Balaban J connectivity index is 1.61. The van der Waals surface area contributed by atoms with Crippen molar-refractivity contribution in [3.8, 4) is 0 Å². The van der Waals surface area contributed by atoms with Gasteiger partial charge in [0.2, 0.25) is 0 Å². The van der Waals surface area contributed by atoms with E-state index >= 15 is 0 Å². The summed E-state index contributed by atoms with van der Waals surface area (Å²) >= 11 is 0. The van der Waals surface area contributed by atoms with Gasteiger partial charge in [-0.3, -0.25) is 0 Å². The predicted octanol–water partition coefficient (Wildman–Crippen LogP) is 3.92. The van der Waals surface area contributed by atoms with Crippen molar-refractivity contribution < 1.29 is 5.11 Å². The fourth-order valence-corrected chi connectivity index (χ4v) is 3.80. The summed E-state index contributed by atoms with van der Waals surface area (Å²) in [6, 6.07) is 0. The second-order valence-electron chi connectivity index (χ2n) is 5.83. The highest BCUT2D eigenvalue weighted by atomic mass is 16.3. The van der Waals surface area contributed by atoms with E-state index in [0.29, 0.717) is 5.92 Å². The lowest BCUT2D eigenvalue weighted by atomic mass is 9.83. The van der Waals surface area contributed by atoms with E-state index in [1.54, 1.807) is 0 Å². The van der Waals surface area contributed by atoms with Crippen LogP contribution in [0.2, 0.25) is 0 Å². The minimum absolute atomic E-state index is 0.000897. The molecule has 2 aliphatic carbocycles. The summed E-state index contributed by atoms with van der Waals surface area (Å²) in [5.41, 5.74) is 0. The standard InChI is InChI=1S/C15H26O/c1-2-3-4-5-6-7-15(16)14-11-12-8-9-13(14)10-12/h2,12-16H,1,3-11H2. The maximum absolute atomic E-state index is 10.2. The molecule has 0 saturated heterocycles. The van der Waals surface area contributed by atoms with E-state index in [1.165, 1.54) is 44.9 Å². The van der Waals surface area contributed by atoms with E-state index in [9.17, 15) is 5.11 Å². The third-order valence-electron chi connectivity index (χ3n) is 4.70. The molecule has 1 nitrogen and oxygen atoms in total. The summed E-state index contributed by atoms with van der Waals surface area (Å²) in [4.78, 5) is 0. The van der Waals surface area contributed by atoms with Crippen LogP contribution in [0.1, 0.15) is 57.8 Å². The average Bonchev–Trinajstić information content (AvgIpc) is 2.90. The smallest absolute Gasteiger partial charge is 0.0571 e. The van der Waals surface area contributed by atoms with Gasteiger partial charge in [-0.05, 0) is 56.3 Å². The summed E-state index contributed by atoms with van der Waals surface area (Å²) in [5, 5.41) is 10.2. The molecule has 0 heterocycles. The minimum Gasteiger partial charge on any atom is -0.393 e. The van der Waals surface area contributed by atoms with Crippen molar-refractivity contribution in [2.45, 2.75) is 63.9 Å². The van der Waals surface area contributed by atoms with Crippen molar-refractivity contribution in [2.75, 3.05) is 0 Å². The quantitative estimate of drug-likeness (QED) is 0.511. The Morgan fingerprint density at radius 1 is 1.19 bits per heavy atom. The van der Waals surface area contributed by atoms with Crippen LogP contribution in [-0.4, -0.2) is 11.2 Å². The summed E-state index contributed by atoms with van der Waals surface area (Å²) in [5.74, 6) is 2.48. The fourth-order valence-electron chi connectivity index (χ4n) is 3.80. The Morgan fingerprint density at radius 2 is 2.06 bits per heavy atom. The third-order valence-corrected chi connectivity index (χ3v) is 4.70. The molecule has 92 valence electrons. The molecule has 1 heteroatoms. The van der Waals surface area contributed by atoms with Gasteiger partial charge < -0.3 is 5.11 Å². The van der Waals surface area contributed by atoms with Crippen molar-refractivity contribution in [1.29, 1.82) is 0 Å². The summed E-state index contributed by atoms with van der Waals surface area (Å²) in [6.07, 6.45) is 13.4. The Hall–Kier alpha value is -0.300. The van der Waals surface area contributed by atoms with Gasteiger partial charge in [-0.1, -0.05) is 25.3 Å². The zero-order valence-electron chi connectivity index (χ0n) is 10.4. The normalized spacial score (nSPS) is 34.2. The van der Waals surface area contributed by atoms with Gasteiger partial charge in [0.1, 0.15) is 0 Å². The largest absolute Gasteiger partial charge is 0.393 e. The number of aliphatic hydroxyl groups excluding tert-OH is 1. The number of unbranched alkanes of at least 4 members (excludes halogenated alkanes) is 3. The first kappa shape index (κ1) is 12.2. The SMILES string of the molecule is C=CCCCCCC(O)C1CC2CCC1C2. The molecule has 2 fully saturated rings. The Bertz CT molecular complexity index is 223. The van der Waals surface area contributed by atoms with E-state index in [-0.39, 0.29) is 6.10 Å². The first-order chi connectivity index (χ1) is 7.81. The van der Waals surface area contributed by atoms with Crippen LogP contribution in [0.4, 0.5) is 0 Å². The predicted molar refractivity (Wildman–Crippen MR) is 68.2 cm³/mol. The number of hydrogen-bond donors (Lipinski definition) is 1. The van der Waals surface area contributed by atoms with Gasteiger partial charge in [-0.25, -0.2) is 0 Å². The van der Waals surface area contributed by atoms with Gasteiger partial charge in [0.25, 0.3) is 0 Å². The van der Waals surface area contributed by atoms with Crippen LogP contribution in [0.3, 0.4) is 0 Å². The highest BCUT2D eigenvalue weighted by Gasteiger charge is 2.42. The highest BCUT2D eigenvalue weighted by molar-refractivity contribution is 4.92. The molecule has 2 rings (SSSR count). The molecular formula is C15H26O. The molecule has 2 saturated carbocycles. The van der Waals surface area contributed by atoms with Crippen LogP contribution < -0.4 is 0 Å². The molecule has 0 aromatic rings. The number of allylic oxidation sites excluding steroid dienone is 1. The average molecular weight is 222 g/mol. The highest BCUT2D eigenvalue weighted by Crippen LogP contribution is 2.50. The third kappa shape index (κ3) is 2.88. The Kier molecular flexibility index (Phi) is 4.45. The van der Waals surface area contributed by atoms with Gasteiger partial charge in [0.15, 0.2) is 0 Å². The van der Waals surface area contributed by atoms with Gasteiger partial charge >= 0.3 is 0 Å². The molecule has 0 aromatic carbocycles. The molecule has 1 N–H and O–H groups in total. The molecule has 0 aromatic heterocycles. The zero-order chi connectivity index (χ0) is 11.4. The van der Waals surface area contributed by atoms with Crippen LogP contribution >= 0.6 is 0 Å². The molecule has 0 amide bonds. The van der Waals surface area contributed by atoms with Crippen LogP contribution in [0.5, 0.6) is 0 Å². The maximum atomic E-state index is 10.2. The zero-order valence-corrected chi connectivity index (χ0v) is 10.4. The second-order valence-corrected chi connectivity index (χ2v) is 5.83. The fraction of sp³-hybridized carbons (Fsp3) is 0.867. The van der Waals surface area contributed by atoms with Gasteiger partial charge in [-0.2, -0.15) is 0 Å². The lowest BCUT2D eigenvalue weighted by Gasteiger charge is -2.26. The number of fused-ring (bicyclic) bond motifs is 2. The van der Waals surface area contributed by atoms with E-state index in [2.05, 4.69) is 6.58 Å². The maximum Gasteiger partial charge on any atom is 0.0571 e. The van der Waals surface area contributed by atoms with Crippen LogP contribution in [0.25, 0.3) is 0 Å². The molecule has 0 aliphatic heterocycles.